The van der Waals surface area contributed by atoms with Gasteiger partial charge in [-0.1, -0.05) is 35.5 Å². The van der Waals surface area contributed by atoms with E-state index in [0.717, 1.165) is 27.6 Å². The highest BCUT2D eigenvalue weighted by molar-refractivity contribution is 5.98. The lowest BCUT2D eigenvalue weighted by Gasteiger charge is -2.37. The fraction of sp³-hybridized carbons (Fsp3) is 0.333. The molecule has 0 unspecified atom stereocenters. The number of nitrogens with zero attached hydrogens (tertiary/aromatic N) is 5. The lowest BCUT2D eigenvalue weighted by molar-refractivity contribution is -0.895. The number of hydrogen-bond donors (Lipinski definition) is 0. The maximum atomic E-state index is 13.2. The van der Waals surface area contributed by atoms with Crippen molar-refractivity contribution in [3.05, 3.63) is 77.7 Å². The summed E-state index contributed by atoms with van der Waals surface area (Å²) < 4.78 is 48.1. The number of aryl methyl sites for hydroxylation is 1. The van der Waals surface area contributed by atoms with Gasteiger partial charge < -0.3 is 4.48 Å². The molecule has 0 N–H and O–H groups in total. The molecule has 168 valence electrons. The molecule has 0 aliphatic carbocycles. The predicted molar refractivity (Wildman–Crippen MR) is 130 cm³/mol. The number of piperidine rings is 1. The van der Waals surface area contributed by atoms with Gasteiger partial charge >= 0.3 is 0 Å². The second-order valence-corrected chi connectivity index (χ2v) is 8.93. The van der Waals surface area contributed by atoms with E-state index < -0.39 is 18.4 Å². The predicted octanol–water partition coefficient (Wildman–Crippen LogP) is 4.41. The minimum absolute atomic E-state index is 0.00741. The van der Waals surface area contributed by atoms with E-state index in [1.807, 2.05) is 55.7 Å². The number of fused-ring (bicyclic) bond motifs is 1. The SMILES string of the molecule is [2H]C([2H])([2H])[N+]1(C([2H])([2H])[2H])CCC(c2cccc(C(=O)Cc3cc4cc(-c5cn(C)nn5)ccc4cn3)c2)CC1. The Morgan fingerprint density at radius 2 is 1.97 bits per heavy atom. The Kier molecular flexibility index (Phi) is 3.99. The molecule has 0 radical (unpaired) electrons. The van der Waals surface area contributed by atoms with Gasteiger partial charge in [0.05, 0.1) is 47.9 Å². The van der Waals surface area contributed by atoms with Gasteiger partial charge in [0.1, 0.15) is 5.69 Å². The zero-order valence-corrected chi connectivity index (χ0v) is 18.5. The van der Waals surface area contributed by atoms with Gasteiger partial charge in [-0.25, -0.2) is 0 Å². The van der Waals surface area contributed by atoms with Crippen molar-refractivity contribution in [2.45, 2.75) is 25.2 Å². The summed E-state index contributed by atoms with van der Waals surface area (Å²) in [6, 6.07) is 15.2. The Morgan fingerprint density at radius 1 is 1.12 bits per heavy atom. The van der Waals surface area contributed by atoms with Crippen LogP contribution in [0.5, 0.6) is 0 Å². The van der Waals surface area contributed by atoms with Crippen LogP contribution in [0.4, 0.5) is 0 Å². The van der Waals surface area contributed by atoms with Crippen LogP contribution in [-0.4, -0.2) is 57.3 Å². The van der Waals surface area contributed by atoms with Crippen LogP contribution in [0.1, 0.15) is 48.6 Å². The van der Waals surface area contributed by atoms with Crippen LogP contribution < -0.4 is 0 Å². The molecular weight excluding hydrogens is 410 g/mol. The first-order valence-corrected chi connectivity index (χ1v) is 11.1. The smallest absolute Gasteiger partial charge is 0.168 e. The van der Waals surface area contributed by atoms with E-state index in [2.05, 4.69) is 15.3 Å². The number of rotatable bonds is 5. The first kappa shape index (κ1) is 15.5. The number of carbonyl (C=O) groups excluding carboxylic acids is 1. The summed E-state index contributed by atoms with van der Waals surface area (Å²) in [5.41, 5.74) is 3.83. The molecular formula is C27H30N5O+. The molecule has 4 aromatic rings. The number of Topliss-reactive ketones (excluding diaryl/α,β-unsaturated/α-hetero) is 1. The fourth-order valence-electron chi connectivity index (χ4n) is 4.50. The van der Waals surface area contributed by atoms with E-state index in [0.29, 0.717) is 24.1 Å². The molecule has 6 heteroatoms. The van der Waals surface area contributed by atoms with Crippen LogP contribution in [0.15, 0.2) is 60.9 Å². The first-order chi connectivity index (χ1) is 18.4. The van der Waals surface area contributed by atoms with Gasteiger partial charge in [-0.3, -0.25) is 14.5 Å². The van der Waals surface area contributed by atoms with E-state index in [1.165, 1.54) is 0 Å². The number of benzene rings is 2. The zero-order chi connectivity index (χ0) is 28.0. The van der Waals surface area contributed by atoms with E-state index in [9.17, 15) is 4.79 Å². The average Bonchev–Trinajstić information content (AvgIpc) is 3.33. The number of quaternary nitrogens is 1. The highest BCUT2D eigenvalue weighted by atomic mass is 16.1. The van der Waals surface area contributed by atoms with Crippen LogP contribution in [-0.2, 0) is 13.5 Å². The molecule has 0 amide bonds. The number of carbonyl (C=O) groups is 1. The van der Waals surface area contributed by atoms with Crippen molar-refractivity contribution in [3.8, 4) is 11.3 Å². The summed E-state index contributed by atoms with van der Waals surface area (Å²) in [5.74, 6) is -0.0771. The second-order valence-electron chi connectivity index (χ2n) is 8.93. The fourth-order valence-corrected chi connectivity index (χ4v) is 4.50. The molecule has 3 heterocycles. The van der Waals surface area contributed by atoms with Gasteiger partial charge in [0, 0.05) is 48.3 Å². The number of aromatic nitrogens is 4. The molecule has 2 aromatic heterocycles. The molecule has 1 saturated heterocycles. The van der Waals surface area contributed by atoms with Crippen LogP contribution in [0.2, 0.25) is 0 Å². The number of pyridine rings is 1. The third-order valence-corrected chi connectivity index (χ3v) is 6.42. The molecule has 5 rings (SSSR count). The Labute approximate surface area is 202 Å². The minimum Gasteiger partial charge on any atom is -0.328 e. The molecule has 1 aliphatic heterocycles. The molecule has 1 aliphatic rings. The lowest BCUT2D eigenvalue weighted by Crippen LogP contribution is -2.45. The second kappa shape index (κ2) is 8.52. The molecule has 0 spiro atoms. The highest BCUT2D eigenvalue weighted by Crippen LogP contribution is 2.30. The van der Waals surface area contributed by atoms with Crippen LogP contribution in [0, 0.1) is 0 Å². The molecule has 33 heavy (non-hydrogen) atoms. The zero-order valence-electron chi connectivity index (χ0n) is 24.5. The maximum absolute atomic E-state index is 13.2. The summed E-state index contributed by atoms with van der Waals surface area (Å²) in [6.07, 6.45) is 4.59. The standard InChI is InChI=1S/C27H30N5O/c1-31-18-26(29-30-31)21-7-8-23-17-28-25(15-24(23)14-21)16-27(33)22-6-4-5-20(13-22)19-9-11-32(2,3)12-10-19/h4-8,13-15,17-19H,9-12,16H2,1-3H3/q+1/i2D3,3D3. The Bertz CT molecular complexity index is 1500. The van der Waals surface area contributed by atoms with Gasteiger partial charge in [-0.2, -0.15) is 0 Å². The van der Waals surface area contributed by atoms with Crippen molar-refractivity contribution in [1.29, 1.82) is 0 Å². The van der Waals surface area contributed by atoms with Crippen molar-refractivity contribution in [3.63, 3.8) is 0 Å². The molecule has 0 bridgehead atoms. The van der Waals surface area contributed by atoms with E-state index in [-0.39, 0.29) is 31.2 Å². The quantitative estimate of drug-likeness (QED) is 0.337. The first-order valence-electron chi connectivity index (χ1n) is 14.1. The minimum atomic E-state index is -2.61. The van der Waals surface area contributed by atoms with Crippen molar-refractivity contribution in [2.75, 3.05) is 27.0 Å². The summed E-state index contributed by atoms with van der Waals surface area (Å²) in [6.45, 7) is -5.16. The third-order valence-electron chi connectivity index (χ3n) is 6.42. The van der Waals surface area contributed by atoms with Gasteiger partial charge in [-0.15, -0.1) is 5.10 Å². The topological polar surface area (TPSA) is 60.7 Å². The van der Waals surface area contributed by atoms with Crippen molar-refractivity contribution < 1.29 is 17.5 Å². The lowest BCUT2D eigenvalue weighted by atomic mass is 9.87. The summed E-state index contributed by atoms with van der Waals surface area (Å²) in [5, 5.41) is 10.1. The molecule has 1 fully saturated rings. The van der Waals surface area contributed by atoms with Crippen molar-refractivity contribution >= 4 is 16.6 Å². The van der Waals surface area contributed by atoms with Crippen LogP contribution in [0.3, 0.4) is 0 Å². The van der Waals surface area contributed by atoms with Crippen LogP contribution in [0.25, 0.3) is 22.0 Å². The van der Waals surface area contributed by atoms with Crippen LogP contribution >= 0.6 is 0 Å². The molecule has 6 nitrogen and oxygen atoms in total. The monoisotopic (exact) mass is 446 g/mol. The normalized spacial score (nSPS) is 19.7. The number of likely N-dealkylation sites (tertiary alicyclic amines) is 1. The van der Waals surface area contributed by atoms with E-state index in [1.54, 1.807) is 16.9 Å². The average molecular weight is 447 g/mol. The largest absolute Gasteiger partial charge is 0.328 e. The third kappa shape index (κ3) is 4.71. The van der Waals surface area contributed by atoms with E-state index in [4.69, 9.17) is 8.22 Å². The molecule has 0 saturated carbocycles. The number of ketones is 1. The van der Waals surface area contributed by atoms with Gasteiger partial charge in [0.25, 0.3) is 0 Å². The summed E-state index contributed by atoms with van der Waals surface area (Å²) in [7, 11) is 1.81. The van der Waals surface area contributed by atoms with Crippen molar-refractivity contribution in [2.24, 2.45) is 7.05 Å². The summed E-state index contributed by atoms with van der Waals surface area (Å²) >= 11 is 0. The highest BCUT2D eigenvalue weighted by Gasteiger charge is 2.27. The Balaban J connectivity index is 1.32. The number of hydrogen-bond acceptors (Lipinski definition) is 4. The van der Waals surface area contributed by atoms with E-state index >= 15 is 0 Å². The maximum Gasteiger partial charge on any atom is 0.168 e. The molecule has 0 atom stereocenters. The van der Waals surface area contributed by atoms with Gasteiger partial charge in [0.2, 0.25) is 0 Å². The van der Waals surface area contributed by atoms with Crippen molar-refractivity contribution in [1.82, 2.24) is 20.0 Å². The van der Waals surface area contributed by atoms with Gasteiger partial charge in [-0.05, 0) is 35.1 Å². The Hall–Kier alpha value is -3.38. The summed E-state index contributed by atoms with van der Waals surface area (Å²) in [4.78, 5) is 17.7. The molecule has 2 aromatic carbocycles. The Morgan fingerprint density at radius 3 is 2.73 bits per heavy atom. The van der Waals surface area contributed by atoms with Gasteiger partial charge in [0.15, 0.2) is 5.78 Å².